The van der Waals surface area contributed by atoms with Crippen LogP contribution in [0.25, 0.3) is 0 Å². The van der Waals surface area contributed by atoms with Crippen LogP contribution in [0.4, 0.5) is 10.5 Å². The molecule has 1 unspecified atom stereocenters. The highest BCUT2D eigenvalue weighted by atomic mass is 35.5. The van der Waals surface area contributed by atoms with Gasteiger partial charge in [-0.2, -0.15) is 0 Å². The molecule has 4 N–H and O–H groups in total. The van der Waals surface area contributed by atoms with Gasteiger partial charge in [0.2, 0.25) is 5.91 Å². The monoisotopic (exact) mass is 356 g/mol. The fourth-order valence-corrected chi connectivity index (χ4v) is 1.99. The molecule has 6 nitrogen and oxygen atoms in total. The van der Waals surface area contributed by atoms with Gasteiger partial charge in [-0.05, 0) is 37.0 Å². The third-order valence-electron chi connectivity index (χ3n) is 3.76. The number of nitrogens with one attached hydrogen (secondary N) is 2. The molecule has 0 aliphatic rings. The number of nitrogens with two attached hydrogens (primary N) is 1. The van der Waals surface area contributed by atoms with Gasteiger partial charge in [0.25, 0.3) is 0 Å². The lowest BCUT2D eigenvalue weighted by Crippen LogP contribution is -2.41. The van der Waals surface area contributed by atoms with Gasteiger partial charge in [0.05, 0.1) is 6.54 Å². The van der Waals surface area contributed by atoms with E-state index in [9.17, 15) is 9.59 Å². The molecule has 0 aromatic heterocycles. The molecule has 0 fully saturated rings. The first kappa shape index (κ1) is 22.2. The third-order valence-corrected chi connectivity index (χ3v) is 3.76. The summed E-state index contributed by atoms with van der Waals surface area (Å²) in [7, 11) is 1.72. The third kappa shape index (κ3) is 8.17. The molecule has 0 aliphatic heterocycles. The van der Waals surface area contributed by atoms with Gasteiger partial charge in [0, 0.05) is 25.3 Å². The van der Waals surface area contributed by atoms with Crippen LogP contribution in [-0.4, -0.2) is 43.0 Å². The van der Waals surface area contributed by atoms with E-state index in [1.807, 2.05) is 25.1 Å². The Morgan fingerprint density at radius 2 is 1.96 bits per heavy atom. The lowest BCUT2D eigenvalue weighted by atomic mass is 10.0. The number of rotatable bonds is 7. The van der Waals surface area contributed by atoms with Gasteiger partial charge in [-0.25, -0.2) is 4.79 Å². The Morgan fingerprint density at radius 1 is 1.29 bits per heavy atom. The van der Waals surface area contributed by atoms with E-state index in [4.69, 9.17) is 5.73 Å². The Kier molecular flexibility index (Phi) is 10.1. The maximum atomic E-state index is 12.0. The Bertz CT molecular complexity index is 537. The number of urea groups is 1. The van der Waals surface area contributed by atoms with Crippen LogP contribution in [0.5, 0.6) is 0 Å². The molecule has 0 saturated carbocycles. The highest BCUT2D eigenvalue weighted by Crippen LogP contribution is 2.09. The molecule has 1 atom stereocenters. The summed E-state index contributed by atoms with van der Waals surface area (Å²) in [5, 5.41) is 5.27. The highest BCUT2D eigenvalue weighted by molar-refractivity contribution is 5.92. The van der Waals surface area contributed by atoms with Crippen molar-refractivity contribution in [3.63, 3.8) is 0 Å². The molecule has 1 aromatic rings. The highest BCUT2D eigenvalue weighted by Gasteiger charge is 2.13. The van der Waals surface area contributed by atoms with E-state index < -0.39 is 6.03 Å². The van der Waals surface area contributed by atoms with Crippen LogP contribution < -0.4 is 16.4 Å². The van der Waals surface area contributed by atoms with Crippen LogP contribution in [0.3, 0.4) is 0 Å². The predicted octanol–water partition coefficient (Wildman–Crippen LogP) is 2.37. The lowest BCUT2D eigenvalue weighted by molar-refractivity contribution is -0.128. The van der Waals surface area contributed by atoms with Gasteiger partial charge in [0.1, 0.15) is 0 Å². The SMILES string of the molecule is Cc1cccc(NC(=O)NCC(=O)N(C)CCC(N)C(C)C)c1.Cl. The Labute approximate surface area is 150 Å². The molecule has 0 saturated heterocycles. The standard InChI is InChI=1S/C17H28N4O2.ClH/c1-12(2)15(18)8-9-21(4)16(22)11-19-17(23)20-14-7-5-6-13(3)10-14;/h5-7,10,12,15H,8-9,11,18H2,1-4H3,(H2,19,20,23);1H. The van der Waals surface area contributed by atoms with Gasteiger partial charge in [-0.15, -0.1) is 12.4 Å². The van der Waals surface area contributed by atoms with Gasteiger partial charge >= 0.3 is 6.03 Å². The first-order valence-corrected chi connectivity index (χ1v) is 7.90. The van der Waals surface area contributed by atoms with Gasteiger partial charge in [-0.1, -0.05) is 26.0 Å². The minimum Gasteiger partial charge on any atom is -0.344 e. The van der Waals surface area contributed by atoms with Crippen molar-refractivity contribution in [2.75, 3.05) is 25.5 Å². The summed E-state index contributed by atoms with van der Waals surface area (Å²) in [5.41, 5.74) is 7.72. The number of aryl methyl sites for hydroxylation is 1. The summed E-state index contributed by atoms with van der Waals surface area (Å²) in [6.45, 7) is 6.61. The number of amides is 3. The maximum absolute atomic E-state index is 12.0. The molecule has 1 aromatic carbocycles. The van der Waals surface area contributed by atoms with Crippen LogP contribution in [-0.2, 0) is 4.79 Å². The number of nitrogens with zero attached hydrogens (tertiary/aromatic N) is 1. The zero-order valence-corrected chi connectivity index (χ0v) is 15.7. The molecule has 1 rings (SSSR count). The van der Waals surface area contributed by atoms with Crippen LogP contribution in [0.15, 0.2) is 24.3 Å². The summed E-state index contributed by atoms with van der Waals surface area (Å²) in [5.74, 6) is 0.247. The molecule has 7 heteroatoms. The number of likely N-dealkylation sites (N-methyl/N-ethyl adjacent to an activating group) is 1. The Morgan fingerprint density at radius 3 is 2.54 bits per heavy atom. The number of benzene rings is 1. The maximum Gasteiger partial charge on any atom is 0.319 e. The fourth-order valence-electron chi connectivity index (χ4n) is 1.99. The molecular formula is C17H29ClN4O2. The van der Waals surface area contributed by atoms with Crippen molar-refractivity contribution in [3.8, 4) is 0 Å². The zero-order valence-electron chi connectivity index (χ0n) is 14.8. The molecule has 136 valence electrons. The molecule has 0 spiro atoms. The van der Waals surface area contributed by atoms with Crippen molar-refractivity contribution in [3.05, 3.63) is 29.8 Å². The van der Waals surface area contributed by atoms with E-state index >= 15 is 0 Å². The van der Waals surface area contributed by atoms with Crippen LogP contribution in [0.1, 0.15) is 25.8 Å². The van der Waals surface area contributed by atoms with E-state index in [2.05, 4.69) is 24.5 Å². The number of hydrogen-bond donors (Lipinski definition) is 3. The zero-order chi connectivity index (χ0) is 17.4. The average Bonchev–Trinajstić information content (AvgIpc) is 2.49. The van der Waals surface area contributed by atoms with Crippen LogP contribution in [0.2, 0.25) is 0 Å². The van der Waals surface area contributed by atoms with Crippen molar-refractivity contribution < 1.29 is 9.59 Å². The average molecular weight is 357 g/mol. The second-order valence-electron chi connectivity index (χ2n) is 6.19. The molecule has 0 aliphatic carbocycles. The van der Waals surface area contributed by atoms with Gasteiger partial charge in [-0.3, -0.25) is 4.79 Å². The number of anilines is 1. The van der Waals surface area contributed by atoms with Crippen molar-refractivity contribution in [1.29, 1.82) is 0 Å². The Balaban J connectivity index is 0.00000529. The van der Waals surface area contributed by atoms with Crippen LogP contribution >= 0.6 is 12.4 Å². The van der Waals surface area contributed by atoms with Crippen molar-refractivity contribution in [1.82, 2.24) is 10.2 Å². The minimum atomic E-state index is -0.392. The number of carbonyl (C=O) groups is 2. The molecule has 0 radical (unpaired) electrons. The summed E-state index contributed by atoms with van der Waals surface area (Å²) < 4.78 is 0. The van der Waals surface area contributed by atoms with Crippen LogP contribution in [0, 0.1) is 12.8 Å². The molecule has 0 heterocycles. The van der Waals surface area contributed by atoms with E-state index in [0.717, 1.165) is 12.0 Å². The Hall–Kier alpha value is -1.79. The molecular weight excluding hydrogens is 328 g/mol. The van der Waals surface area contributed by atoms with Crippen molar-refractivity contribution >= 4 is 30.0 Å². The molecule has 3 amide bonds. The molecule has 24 heavy (non-hydrogen) atoms. The predicted molar refractivity (Wildman–Crippen MR) is 101 cm³/mol. The number of hydrogen-bond acceptors (Lipinski definition) is 3. The first-order valence-electron chi connectivity index (χ1n) is 7.90. The summed E-state index contributed by atoms with van der Waals surface area (Å²) in [6, 6.07) is 7.15. The second-order valence-corrected chi connectivity index (χ2v) is 6.19. The van der Waals surface area contributed by atoms with E-state index in [1.54, 1.807) is 18.0 Å². The summed E-state index contributed by atoms with van der Waals surface area (Å²) in [4.78, 5) is 25.4. The van der Waals surface area contributed by atoms with E-state index in [0.29, 0.717) is 18.2 Å². The van der Waals surface area contributed by atoms with E-state index in [1.165, 1.54) is 0 Å². The fraction of sp³-hybridized carbons (Fsp3) is 0.529. The topological polar surface area (TPSA) is 87.5 Å². The summed E-state index contributed by atoms with van der Waals surface area (Å²) in [6.07, 6.45) is 0.745. The minimum absolute atomic E-state index is 0. The largest absolute Gasteiger partial charge is 0.344 e. The quantitative estimate of drug-likeness (QED) is 0.700. The van der Waals surface area contributed by atoms with Gasteiger partial charge < -0.3 is 21.3 Å². The molecule has 0 bridgehead atoms. The second kappa shape index (κ2) is 10.9. The number of halogens is 1. The van der Waals surface area contributed by atoms with E-state index in [-0.39, 0.29) is 30.9 Å². The lowest BCUT2D eigenvalue weighted by Gasteiger charge is -2.21. The van der Waals surface area contributed by atoms with Gasteiger partial charge in [0.15, 0.2) is 0 Å². The first-order chi connectivity index (χ1) is 10.8. The smallest absolute Gasteiger partial charge is 0.319 e. The normalized spacial score (nSPS) is 11.4. The van der Waals surface area contributed by atoms with Crippen molar-refractivity contribution in [2.24, 2.45) is 11.7 Å². The number of carbonyl (C=O) groups excluding carboxylic acids is 2. The summed E-state index contributed by atoms with van der Waals surface area (Å²) >= 11 is 0. The van der Waals surface area contributed by atoms with Crippen molar-refractivity contribution in [2.45, 2.75) is 33.2 Å².